The number of benzene rings is 1. The predicted octanol–water partition coefficient (Wildman–Crippen LogP) is 1.63. The molecule has 0 aliphatic heterocycles. The number of primary amides is 1. The van der Waals surface area contributed by atoms with Crippen LogP contribution in [0.15, 0.2) is 24.3 Å². The number of halogens is 1. The lowest BCUT2D eigenvalue weighted by molar-refractivity contribution is -0.124. The first-order valence-electron chi connectivity index (χ1n) is 6.99. The molecule has 2 unspecified atom stereocenters. The lowest BCUT2D eigenvalue weighted by Gasteiger charge is -2.30. The van der Waals surface area contributed by atoms with Crippen molar-refractivity contribution in [2.45, 2.75) is 31.2 Å². The Morgan fingerprint density at radius 3 is 2.70 bits per heavy atom. The highest BCUT2D eigenvalue weighted by molar-refractivity contribution is 5.85. The Morgan fingerprint density at radius 2 is 2.10 bits per heavy atom. The van der Waals surface area contributed by atoms with Gasteiger partial charge < -0.3 is 16.4 Å². The fourth-order valence-corrected chi connectivity index (χ4v) is 3.00. The van der Waals surface area contributed by atoms with Crippen molar-refractivity contribution in [2.75, 3.05) is 18.5 Å². The second-order valence-corrected chi connectivity index (χ2v) is 5.68. The fraction of sp³-hybridized carbons (Fsp3) is 0.533. The topological polar surface area (TPSA) is 72.3 Å². The second-order valence-electron chi connectivity index (χ2n) is 5.68. The standard InChI is InChI=1S/C15H22FN3O/c1-19(13-6-4-12(16)5-7-13)10-8-11-3-2-9-15(11,18)14(17)20/h4-7,11H,2-3,8-10,18H2,1H3,(H2,17,20). The molecule has 0 spiro atoms. The molecule has 0 bridgehead atoms. The Kier molecular flexibility index (Phi) is 4.28. The average molecular weight is 279 g/mol. The van der Waals surface area contributed by atoms with E-state index in [0.717, 1.165) is 31.5 Å². The molecule has 2 atom stereocenters. The van der Waals surface area contributed by atoms with E-state index in [9.17, 15) is 9.18 Å². The first-order valence-corrected chi connectivity index (χ1v) is 6.99. The van der Waals surface area contributed by atoms with Gasteiger partial charge in [0.1, 0.15) is 5.82 Å². The molecule has 1 aliphatic carbocycles. The van der Waals surface area contributed by atoms with Crippen molar-refractivity contribution in [2.24, 2.45) is 17.4 Å². The van der Waals surface area contributed by atoms with Crippen LogP contribution in [-0.4, -0.2) is 25.0 Å². The lowest BCUT2D eigenvalue weighted by atomic mass is 9.85. The van der Waals surface area contributed by atoms with Gasteiger partial charge in [0.2, 0.25) is 5.91 Å². The van der Waals surface area contributed by atoms with Crippen LogP contribution in [0.4, 0.5) is 10.1 Å². The third kappa shape index (κ3) is 2.93. The normalized spacial score (nSPS) is 25.6. The first-order chi connectivity index (χ1) is 9.43. The molecule has 4 nitrogen and oxygen atoms in total. The first kappa shape index (κ1) is 14.8. The summed E-state index contributed by atoms with van der Waals surface area (Å²) in [4.78, 5) is 13.6. The van der Waals surface area contributed by atoms with Gasteiger partial charge in [-0.2, -0.15) is 0 Å². The maximum absolute atomic E-state index is 12.9. The number of hydrogen-bond acceptors (Lipinski definition) is 3. The van der Waals surface area contributed by atoms with E-state index in [0.29, 0.717) is 6.42 Å². The zero-order valence-corrected chi connectivity index (χ0v) is 11.8. The molecule has 1 amide bonds. The van der Waals surface area contributed by atoms with Crippen molar-refractivity contribution in [3.05, 3.63) is 30.1 Å². The molecule has 2 rings (SSSR count). The molecule has 1 fully saturated rings. The van der Waals surface area contributed by atoms with Gasteiger partial charge in [0, 0.05) is 19.3 Å². The van der Waals surface area contributed by atoms with Gasteiger partial charge in [0.05, 0.1) is 5.54 Å². The van der Waals surface area contributed by atoms with E-state index in [2.05, 4.69) is 0 Å². The molecule has 0 aromatic heterocycles. The molecule has 0 saturated heterocycles. The van der Waals surface area contributed by atoms with E-state index in [1.54, 1.807) is 12.1 Å². The molecule has 1 aromatic carbocycles. The van der Waals surface area contributed by atoms with Crippen molar-refractivity contribution >= 4 is 11.6 Å². The van der Waals surface area contributed by atoms with Gasteiger partial charge in [-0.3, -0.25) is 4.79 Å². The molecule has 1 aromatic rings. The summed E-state index contributed by atoms with van der Waals surface area (Å²) in [5.41, 5.74) is 11.7. The molecular formula is C15H22FN3O. The van der Waals surface area contributed by atoms with Gasteiger partial charge >= 0.3 is 0 Å². The Labute approximate surface area is 118 Å². The SMILES string of the molecule is CN(CCC1CCCC1(N)C(N)=O)c1ccc(F)cc1. The lowest BCUT2D eigenvalue weighted by Crippen LogP contribution is -2.55. The maximum atomic E-state index is 12.9. The van der Waals surface area contributed by atoms with Crippen LogP contribution in [-0.2, 0) is 4.79 Å². The summed E-state index contributed by atoms with van der Waals surface area (Å²) in [7, 11) is 1.95. The van der Waals surface area contributed by atoms with Gasteiger partial charge in [-0.15, -0.1) is 0 Å². The highest BCUT2D eigenvalue weighted by Crippen LogP contribution is 2.36. The van der Waals surface area contributed by atoms with E-state index < -0.39 is 11.4 Å². The van der Waals surface area contributed by atoms with Crippen LogP contribution < -0.4 is 16.4 Å². The van der Waals surface area contributed by atoms with E-state index in [-0.39, 0.29) is 11.7 Å². The summed E-state index contributed by atoms with van der Waals surface area (Å²) in [5, 5.41) is 0. The fourth-order valence-electron chi connectivity index (χ4n) is 3.00. The van der Waals surface area contributed by atoms with Gasteiger partial charge in [0.25, 0.3) is 0 Å². The molecular weight excluding hydrogens is 257 g/mol. The van der Waals surface area contributed by atoms with Crippen LogP contribution in [0.1, 0.15) is 25.7 Å². The summed E-state index contributed by atoms with van der Waals surface area (Å²) in [6.07, 6.45) is 3.38. The van der Waals surface area contributed by atoms with Crippen molar-refractivity contribution in [3.63, 3.8) is 0 Å². The summed E-state index contributed by atoms with van der Waals surface area (Å²) >= 11 is 0. The number of nitrogens with zero attached hydrogens (tertiary/aromatic N) is 1. The maximum Gasteiger partial charge on any atom is 0.237 e. The van der Waals surface area contributed by atoms with Crippen LogP contribution in [0.2, 0.25) is 0 Å². The highest BCUT2D eigenvalue weighted by Gasteiger charge is 2.43. The van der Waals surface area contributed by atoms with E-state index in [1.165, 1.54) is 12.1 Å². The number of rotatable bonds is 5. The van der Waals surface area contributed by atoms with Crippen LogP contribution in [0.5, 0.6) is 0 Å². The number of amides is 1. The monoisotopic (exact) mass is 279 g/mol. The Morgan fingerprint density at radius 1 is 1.45 bits per heavy atom. The van der Waals surface area contributed by atoms with Crippen molar-refractivity contribution in [1.29, 1.82) is 0 Å². The van der Waals surface area contributed by atoms with Crippen LogP contribution in [0.3, 0.4) is 0 Å². The molecule has 5 heteroatoms. The van der Waals surface area contributed by atoms with E-state index in [1.807, 2.05) is 11.9 Å². The molecule has 4 N–H and O–H groups in total. The average Bonchev–Trinajstić information content (AvgIpc) is 2.79. The zero-order valence-electron chi connectivity index (χ0n) is 11.8. The second kappa shape index (κ2) is 5.79. The number of anilines is 1. The Hall–Kier alpha value is -1.62. The van der Waals surface area contributed by atoms with Gasteiger partial charge in [-0.1, -0.05) is 6.42 Å². The number of nitrogens with two attached hydrogens (primary N) is 2. The quantitative estimate of drug-likeness (QED) is 0.860. The minimum atomic E-state index is -0.858. The Balaban J connectivity index is 1.95. The van der Waals surface area contributed by atoms with Crippen molar-refractivity contribution in [1.82, 2.24) is 0 Å². The minimum Gasteiger partial charge on any atom is -0.375 e. The number of hydrogen-bond donors (Lipinski definition) is 2. The van der Waals surface area contributed by atoms with Crippen LogP contribution in [0, 0.1) is 11.7 Å². The zero-order chi connectivity index (χ0) is 14.8. The summed E-state index contributed by atoms with van der Waals surface area (Å²) in [6.45, 7) is 0.766. The van der Waals surface area contributed by atoms with Crippen molar-refractivity contribution in [3.8, 4) is 0 Å². The Bertz CT molecular complexity index is 477. The van der Waals surface area contributed by atoms with Crippen LogP contribution in [0.25, 0.3) is 0 Å². The third-order valence-electron chi connectivity index (χ3n) is 4.41. The highest BCUT2D eigenvalue weighted by atomic mass is 19.1. The van der Waals surface area contributed by atoms with Crippen LogP contribution >= 0.6 is 0 Å². The van der Waals surface area contributed by atoms with E-state index in [4.69, 9.17) is 11.5 Å². The molecule has 1 aliphatic rings. The summed E-state index contributed by atoms with van der Waals surface area (Å²) in [5.74, 6) is -0.514. The molecule has 20 heavy (non-hydrogen) atoms. The molecule has 1 saturated carbocycles. The molecule has 110 valence electrons. The summed E-state index contributed by atoms with van der Waals surface area (Å²) < 4.78 is 12.9. The smallest absolute Gasteiger partial charge is 0.237 e. The largest absolute Gasteiger partial charge is 0.375 e. The summed E-state index contributed by atoms with van der Waals surface area (Å²) in [6, 6.07) is 6.37. The van der Waals surface area contributed by atoms with E-state index >= 15 is 0 Å². The molecule has 0 heterocycles. The molecule has 0 radical (unpaired) electrons. The van der Waals surface area contributed by atoms with Gasteiger partial charge in [-0.25, -0.2) is 4.39 Å². The number of carbonyl (C=O) groups excluding carboxylic acids is 1. The van der Waals surface area contributed by atoms with Gasteiger partial charge in [-0.05, 0) is 49.4 Å². The number of carbonyl (C=O) groups is 1. The third-order valence-corrected chi connectivity index (χ3v) is 4.41. The van der Waals surface area contributed by atoms with Gasteiger partial charge in [0.15, 0.2) is 0 Å². The predicted molar refractivity (Wildman–Crippen MR) is 77.7 cm³/mol. The van der Waals surface area contributed by atoms with Crippen molar-refractivity contribution < 1.29 is 9.18 Å². The minimum absolute atomic E-state index is 0.128.